The SMILES string of the molecule is CN(C1CCNCC1)S(=O)(=O)/C=C/c1ccccc1. The Bertz CT molecular complexity index is 520. The number of hydrogen-bond donors (Lipinski definition) is 1. The first-order valence-corrected chi connectivity index (χ1v) is 8.02. The molecule has 0 atom stereocenters. The molecule has 1 fully saturated rings. The van der Waals surface area contributed by atoms with Gasteiger partial charge in [0.05, 0.1) is 0 Å². The Balaban J connectivity index is 2.07. The van der Waals surface area contributed by atoms with Gasteiger partial charge in [-0.1, -0.05) is 30.3 Å². The second kappa shape index (κ2) is 6.32. The quantitative estimate of drug-likeness (QED) is 0.913. The summed E-state index contributed by atoms with van der Waals surface area (Å²) in [5.41, 5.74) is 0.893. The summed E-state index contributed by atoms with van der Waals surface area (Å²) in [4.78, 5) is 0. The fraction of sp³-hybridized carbons (Fsp3) is 0.429. The van der Waals surface area contributed by atoms with Crippen molar-refractivity contribution in [2.45, 2.75) is 18.9 Å². The lowest BCUT2D eigenvalue weighted by atomic mass is 10.1. The van der Waals surface area contributed by atoms with Gasteiger partial charge >= 0.3 is 0 Å². The van der Waals surface area contributed by atoms with Crippen LogP contribution in [0.1, 0.15) is 18.4 Å². The van der Waals surface area contributed by atoms with E-state index in [2.05, 4.69) is 5.32 Å². The van der Waals surface area contributed by atoms with E-state index in [0.29, 0.717) is 0 Å². The maximum absolute atomic E-state index is 12.2. The van der Waals surface area contributed by atoms with E-state index in [-0.39, 0.29) is 6.04 Å². The van der Waals surface area contributed by atoms with Crippen LogP contribution in [0.15, 0.2) is 35.7 Å². The molecule has 4 nitrogen and oxygen atoms in total. The van der Waals surface area contributed by atoms with E-state index in [9.17, 15) is 8.42 Å². The highest BCUT2D eigenvalue weighted by Crippen LogP contribution is 2.15. The maximum atomic E-state index is 12.2. The van der Waals surface area contributed by atoms with Crippen LogP contribution in [-0.2, 0) is 10.0 Å². The summed E-state index contributed by atoms with van der Waals surface area (Å²) >= 11 is 0. The van der Waals surface area contributed by atoms with Crippen molar-refractivity contribution in [2.24, 2.45) is 0 Å². The van der Waals surface area contributed by atoms with Gasteiger partial charge in [-0.15, -0.1) is 0 Å². The molecule has 5 heteroatoms. The van der Waals surface area contributed by atoms with Crippen molar-refractivity contribution in [3.63, 3.8) is 0 Å². The summed E-state index contributed by atoms with van der Waals surface area (Å²) in [7, 11) is -1.67. The Kier molecular flexibility index (Phi) is 4.74. The van der Waals surface area contributed by atoms with Crippen molar-refractivity contribution in [3.05, 3.63) is 41.3 Å². The topological polar surface area (TPSA) is 49.4 Å². The highest BCUT2D eigenvalue weighted by Gasteiger charge is 2.25. The van der Waals surface area contributed by atoms with Gasteiger partial charge in [-0.25, -0.2) is 8.42 Å². The van der Waals surface area contributed by atoms with Crippen molar-refractivity contribution in [1.29, 1.82) is 0 Å². The van der Waals surface area contributed by atoms with Crippen LogP contribution in [0, 0.1) is 0 Å². The van der Waals surface area contributed by atoms with E-state index in [0.717, 1.165) is 31.5 Å². The molecule has 0 aromatic heterocycles. The zero-order valence-electron chi connectivity index (χ0n) is 11.1. The lowest BCUT2D eigenvalue weighted by Crippen LogP contribution is -2.43. The monoisotopic (exact) mass is 280 g/mol. The number of nitrogens with one attached hydrogen (secondary N) is 1. The highest BCUT2D eigenvalue weighted by molar-refractivity contribution is 7.92. The number of nitrogens with zero attached hydrogens (tertiary/aromatic N) is 1. The lowest BCUT2D eigenvalue weighted by Gasteiger charge is -2.29. The van der Waals surface area contributed by atoms with Gasteiger partial charge in [-0.05, 0) is 37.6 Å². The molecule has 0 amide bonds. The van der Waals surface area contributed by atoms with Crippen LogP contribution in [0.5, 0.6) is 0 Å². The largest absolute Gasteiger partial charge is 0.317 e. The standard InChI is InChI=1S/C14H20N2O2S/c1-16(14-7-10-15-11-8-14)19(17,18)12-9-13-5-3-2-4-6-13/h2-6,9,12,14-15H,7-8,10-11H2,1H3/b12-9+. The molecule has 104 valence electrons. The molecule has 2 rings (SSSR count). The third-order valence-corrected chi connectivity index (χ3v) is 5.04. The Morgan fingerprint density at radius 2 is 1.84 bits per heavy atom. The predicted octanol–water partition coefficient (Wildman–Crippen LogP) is 1.67. The molecule has 0 bridgehead atoms. The molecule has 1 saturated heterocycles. The normalized spacial score (nSPS) is 18.2. The predicted molar refractivity (Wildman–Crippen MR) is 78.1 cm³/mol. The fourth-order valence-corrected chi connectivity index (χ4v) is 3.35. The van der Waals surface area contributed by atoms with Crippen molar-refractivity contribution in [1.82, 2.24) is 9.62 Å². The van der Waals surface area contributed by atoms with Gasteiger partial charge in [-0.2, -0.15) is 4.31 Å². The summed E-state index contributed by atoms with van der Waals surface area (Å²) in [5.74, 6) is 0. The van der Waals surface area contributed by atoms with Crippen molar-refractivity contribution < 1.29 is 8.42 Å². The van der Waals surface area contributed by atoms with Crippen LogP contribution < -0.4 is 5.32 Å². The van der Waals surface area contributed by atoms with Gasteiger partial charge < -0.3 is 5.32 Å². The van der Waals surface area contributed by atoms with E-state index in [4.69, 9.17) is 0 Å². The minimum absolute atomic E-state index is 0.103. The molecule has 1 aliphatic heterocycles. The van der Waals surface area contributed by atoms with E-state index in [1.807, 2.05) is 30.3 Å². The molecule has 1 N–H and O–H groups in total. The van der Waals surface area contributed by atoms with Crippen LogP contribution in [0.4, 0.5) is 0 Å². The van der Waals surface area contributed by atoms with Gasteiger partial charge in [0.15, 0.2) is 0 Å². The van der Waals surface area contributed by atoms with E-state index < -0.39 is 10.0 Å². The van der Waals surface area contributed by atoms with Crippen LogP contribution in [0.2, 0.25) is 0 Å². The number of sulfonamides is 1. The molecule has 1 heterocycles. The van der Waals surface area contributed by atoms with Gasteiger partial charge in [0, 0.05) is 18.5 Å². The Labute approximate surface area is 115 Å². The minimum Gasteiger partial charge on any atom is -0.317 e. The van der Waals surface area contributed by atoms with Gasteiger partial charge in [0.2, 0.25) is 10.0 Å². The molecule has 1 aromatic rings. The summed E-state index contributed by atoms with van der Waals surface area (Å²) < 4.78 is 25.9. The molecular weight excluding hydrogens is 260 g/mol. The number of hydrogen-bond acceptors (Lipinski definition) is 3. The molecule has 0 radical (unpaired) electrons. The average molecular weight is 280 g/mol. The molecule has 0 aliphatic carbocycles. The maximum Gasteiger partial charge on any atom is 0.236 e. The van der Waals surface area contributed by atoms with Crippen LogP contribution >= 0.6 is 0 Å². The van der Waals surface area contributed by atoms with E-state index in [1.54, 1.807) is 13.1 Å². The Morgan fingerprint density at radius 1 is 1.21 bits per heavy atom. The van der Waals surface area contributed by atoms with Crippen molar-refractivity contribution >= 4 is 16.1 Å². The molecule has 19 heavy (non-hydrogen) atoms. The number of piperidine rings is 1. The molecular formula is C14H20N2O2S. The van der Waals surface area contributed by atoms with Crippen LogP contribution in [-0.4, -0.2) is 38.9 Å². The van der Waals surface area contributed by atoms with Gasteiger partial charge in [0.1, 0.15) is 0 Å². The number of benzene rings is 1. The van der Waals surface area contributed by atoms with Gasteiger partial charge in [-0.3, -0.25) is 0 Å². The second-order valence-electron chi connectivity index (χ2n) is 4.76. The third kappa shape index (κ3) is 3.89. The summed E-state index contributed by atoms with van der Waals surface area (Å²) in [6.45, 7) is 1.76. The molecule has 1 aromatic carbocycles. The Morgan fingerprint density at radius 3 is 2.47 bits per heavy atom. The van der Waals surface area contributed by atoms with Crippen molar-refractivity contribution in [2.75, 3.05) is 20.1 Å². The van der Waals surface area contributed by atoms with Crippen molar-refractivity contribution in [3.8, 4) is 0 Å². The van der Waals surface area contributed by atoms with Gasteiger partial charge in [0.25, 0.3) is 0 Å². The smallest absolute Gasteiger partial charge is 0.236 e. The summed E-state index contributed by atoms with van der Waals surface area (Å²) in [6, 6.07) is 9.57. The first-order valence-electron chi connectivity index (χ1n) is 6.51. The fourth-order valence-electron chi connectivity index (χ4n) is 2.20. The molecule has 0 saturated carbocycles. The number of rotatable bonds is 4. The molecule has 1 aliphatic rings. The molecule has 0 spiro atoms. The zero-order chi connectivity index (χ0) is 13.7. The van der Waals surface area contributed by atoms with E-state index in [1.165, 1.54) is 9.71 Å². The van der Waals surface area contributed by atoms with Crippen LogP contribution in [0.25, 0.3) is 6.08 Å². The first kappa shape index (κ1) is 14.2. The summed E-state index contributed by atoms with van der Waals surface area (Å²) in [5, 5.41) is 4.54. The minimum atomic E-state index is -3.33. The lowest BCUT2D eigenvalue weighted by molar-refractivity contribution is 0.299. The highest BCUT2D eigenvalue weighted by atomic mass is 32.2. The first-order chi connectivity index (χ1) is 9.09. The summed E-state index contributed by atoms with van der Waals surface area (Å²) in [6.07, 6.45) is 3.39. The molecule has 0 unspecified atom stereocenters. The average Bonchev–Trinajstić information content (AvgIpc) is 2.46. The second-order valence-corrected chi connectivity index (χ2v) is 6.63. The third-order valence-electron chi connectivity index (χ3n) is 3.46. The zero-order valence-corrected chi connectivity index (χ0v) is 11.9. The Hall–Kier alpha value is -1.17. The van der Waals surface area contributed by atoms with E-state index >= 15 is 0 Å². The van der Waals surface area contributed by atoms with Crippen LogP contribution in [0.3, 0.4) is 0 Å².